The van der Waals surface area contributed by atoms with Gasteiger partial charge in [-0.15, -0.1) is 10.2 Å². The lowest BCUT2D eigenvalue weighted by Gasteiger charge is -2.11. The largest absolute Gasteiger partial charge is 0.358 e. The third-order valence-electron chi connectivity index (χ3n) is 1.63. The predicted octanol–water partition coefficient (Wildman–Crippen LogP) is 2.48. The van der Waals surface area contributed by atoms with E-state index in [0.717, 1.165) is 5.13 Å². The van der Waals surface area contributed by atoms with E-state index in [1.165, 1.54) is 17.9 Å². The molecule has 0 fully saturated rings. The molecule has 0 amide bonds. The van der Waals surface area contributed by atoms with Crippen LogP contribution in [0.15, 0.2) is 5.51 Å². The van der Waals surface area contributed by atoms with Crippen LogP contribution in [0.1, 0.15) is 20.3 Å². The van der Waals surface area contributed by atoms with E-state index in [-0.39, 0.29) is 0 Å². The van der Waals surface area contributed by atoms with Gasteiger partial charge in [0.25, 0.3) is 0 Å². The fourth-order valence-electron chi connectivity index (χ4n) is 0.923. The van der Waals surface area contributed by atoms with Crippen LogP contribution in [0.5, 0.6) is 0 Å². The Morgan fingerprint density at radius 2 is 2.54 bits per heavy atom. The highest BCUT2D eigenvalue weighted by Crippen LogP contribution is 2.12. The number of anilines is 1. The summed E-state index contributed by atoms with van der Waals surface area (Å²) in [6.07, 6.45) is 1.18. The zero-order valence-corrected chi connectivity index (χ0v) is 9.62. The van der Waals surface area contributed by atoms with Crippen molar-refractivity contribution in [1.29, 1.82) is 0 Å². The summed E-state index contributed by atoms with van der Waals surface area (Å²) in [7, 11) is 0. The molecule has 0 saturated carbocycles. The van der Waals surface area contributed by atoms with Crippen molar-refractivity contribution < 1.29 is 0 Å². The van der Waals surface area contributed by atoms with E-state index in [1.54, 1.807) is 16.8 Å². The molecule has 1 atom stereocenters. The topological polar surface area (TPSA) is 37.8 Å². The fraction of sp³-hybridized carbons (Fsp3) is 0.750. The molecule has 0 saturated heterocycles. The molecule has 0 aliphatic rings. The summed E-state index contributed by atoms with van der Waals surface area (Å²) >= 11 is 3.53. The molecule has 1 heterocycles. The summed E-state index contributed by atoms with van der Waals surface area (Å²) in [5, 5.41) is 11.9. The highest BCUT2D eigenvalue weighted by molar-refractivity contribution is 7.99. The molecule has 0 bridgehead atoms. The second-order valence-electron chi connectivity index (χ2n) is 2.77. The Kier molecular flexibility index (Phi) is 5.15. The van der Waals surface area contributed by atoms with Crippen molar-refractivity contribution in [3.05, 3.63) is 5.51 Å². The van der Waals surface area contributed by atoms with Gasteiger partial charge in [0.1, 0.15) is 5.51 Å². The molecule has 3 nitrogen and oxygen atoms in total. The van der Waals surface area contributed by atoms with Gasteiger partial charge in [0.05, 0.1) is 0 Å². The minimum atomic E-state index is 0.493. The average Bonchev–Trinajstić information content (AvgIpc) is 2.57. The van der Waals surface area contributed by atoms with Crippen LogP contribution in [0.25, 0.3) is 0 Å². The van der Waals surface area contributed by atoms with Crippen LogP contribution in [-0.2, 0) is 0 Å². The van der Waals surface area contributed by atoms with E-state index in [9.17, 15) is 0 Å². The molecule has 1 aromatic rings. The Bertz CT molecular complexity index is 213. The van der Waals surface area contributed by atoms with Gasteiger partial charge in [0.2, 0.25) is 5.13 Å². The van der Waals surface area contributed by atoms with Crippen molar-refractivity contribution in [3.8, 4) is 0 Å². The van der Waals surface area contributed by atoms with Gasteiger partial charge >= 0.3 is 0 Å². The highest BCUT2D eigenvalue weighted by Gasteiger charge is 2.03. The smallest absolute Gasteiger partial charge is 0.205 e. The maximum Gasteiger partial charge on any atom is 0.205 e. The van der Waals surface area contributed by atoms with Crippen LogP contribution in [0.3, 0.4) is 0 Å². The first-order valence-electron chi connectivity index (χ1n) is 4.43. The van der Waals surface area contributed by atoms with Crippen molar-refractivity contribution in [1.82, 2.24) is 10.2 Å². The summed E-state index contributed by atoms with van der Waals surface area (Å²) in [6, 6.07) is 0.493. The van der Waals surface area contributed by atoms with Crippen LogP contribution < -0.4 is 5.32 Å². The van der Waals surface area contributed by atoms with E-state index >= 15 is 0 Å². The van der Waals surface area contributed by atoms with Gasteiger partial charge in [0, 0.05) is 6.04 Å². The Hall–Kier alpha value is -0.290. The predicted molar refractivity (Wildman–Crippen MR) is 60.6 cm³/mol. The van der Waals surface area contributed by atoms with Crippen LogP contribution in [-0.4, -0.2) is 27.7 Å². The molecule has 0 aliphatic carbocycles. The standard InChI is InChI=1S/C8H15N3S2/c1-3-12-5-4-7(2)10-8-11-9-6-13-8/h6-7H,3-5H2,1-2H3,(H,10,11). The first-order valence-corrected chi connectivity index (χ1v) is 6.46. The molecule has 0 aliphatic heterocycles. The molecule has 0 spiro atoms. The van der Waals surface area contributed by atoms with E-state index in [0.29, 0.717) is 6.04 Å². The lowest BCUT2D eigenvalue weighted by Crippen LogP contribution is -2.15. The van der Waals surface area contributed by atoms with Gasteiger partial charge in [-0.1, -0.05) is 18.3 Å². The molecule has 1 unspecified atom stereocenters. The summed E-state index contributed by atoms with van der Waals surface area (Å²) in [4.78, 5) is 0. The summed E-state index contributed by atoms with van der Waals surface area (Å²) in [6.45, 7) is 4.37. The quantitative estimate of drug-likeness (QED) is 0.743. The van der Waals surface area contributed by atoms with Crippen molar-refractivity contribution >= 4 is 28.2 Å². The number of aromatic nitrogens is 2. The van der Waals surface area contributed by atoms with Crippen LogP contribution in [0, 0.1) is 0 Å². The van der Waals surface area contributed by atoms with E-state index in [2.05, 4.69) is 29.4 Å². The molecule has 1 aromatic heterocycles. The molecule has 0 radical (unpaired) electrons. The Morgan fingerprint density at radius 3 is 3.15 bits per heavy atom. The first kappa shape index (κ1) is 10.8. The van der Waals surface area contributed by atoms with Crippen molar-refractivity contribution in [2.75, 3.05) is 16.8 Å². The molecular weight excluding hydrogens is 202 g/mol. The number of thioether (sulfide) groups is 1. The zero-order valence-electron chi connectivity index (χ0n) is 7.99. The van der Waals surface area contributed by atoms with Gasteiger partial charge < -0.3 is 5.32 Å². The summed E-state index contributed by atoms with van der Waals surface area (Å²) < 4.78 is 0. The van der Waals surface area contributed by atoms with Gasteiger partial charge in [-0.3, -0.25) is 0 Å². The molecule has 5 heteroatoms. The molecular formula is C8H15N3S2. The Balaban J connectivity index is 2.14. The zero-order chi connectivity index (χ0) is 9.52. The van der Waals surface area contributed by atoms with Gasteiger partial charge in [0.15, 0.2) is 0 Å². The Morgan fingerprint density at radius 1 is 1.69 bits per heavy atom. The number of nitrogens with zero attached hydrogens (tertiary/aromatic N) is 2. The highest BCUT2D eigenvalue weighted by atomic mass is 32.2. The van der Waals surface area contributed by atoms with E-state index in [4.69, 9.17) is 0 Å². The van der Waals surface area contributed by atoms with Crippen LogP contribution in [0.4, 0.5) is 5.13 Å². The second kappa shape index (κ2) is 6.21. The normalized spacial score (nSPS) is 12.8. The number of hydrogen-bond acceptors (Lipinski definition) is 5. The lowest BCUT2D eigenvalue weighted by atomic mass is 10.3. The third kappa shape index (κ3) is 4.47. The second-order valence-corrected chi connectivity index (χ2v) is 5.00. The number of nitrogens with one attached hydrogen (secondary N) is 1. The lowest BCUT2D eigenvalue weighted by molar-refractivity contribution is 0.767. The molecule has 0 aromatic carbocycles. The molecule has 1 rings (SSSR count). The minimum absolute atomic E-state index is 0.493. The fourth-order valence-corrected chi connectivity index (χ4v) is 2.29. The van der Waals surface area contributed by atoms with Crippen LogP contribution in [0.2, 0.25) is 0 Å². The minimum Gasteiger partial charge on any atom is -0.358 e. The molecule has 13 heavy (non-hydrogen) atoms. The summed E-state index contributed by atoms with van der Waals surface area (Å²) in [5.41, 5.74) is 1.75. The van der Waals surface area contributed by atoms with Crippen molar-refractivity contribution in [2.45, 2.75) is 26.3 Å². The average molecular weight is 217 g/mol. The van der Waals surface area contributed by atoms with Crippen molar-refractivity contribution in [2.24, 2.45) is 0 Å². The third-order valence-corrected chi connectivity index (χ3v) is 3.18. The number of hydrogen-bond donors (Lipinski definition) is 1. The van der Waals surface area contributed by atoms with E-state index in [1.807, 2.05) is 11.8 Å². The van der Waals surface area contributed by atoms with Crippen molar-refractivity contribution in [3.63, 3.8) is 0 Å². The maximum absolute atomic E-state index is 3.94. The number of rotatable bonds is 6. The summed E-state index contributed by atoms with van der Waals surface area (Å²) in [5.74, 6) is 2.41. The first-order chi connectivity index (χ1) is 6.33. The van der Waals surface area contributed by atoms with Gasteiger partial charge in [-0.05, 0) is 24.9 Å². The molecule has 74 valence electrons. The van der Waals surface area contributed by atoms with Crippen LogP contribution >= 0.6 is 23.1 Å². The maximum atomic E-state index is 3.94. The van der Waals surface area contributed by atoms with Gasteiger partial charge in [-0.2, -0.15) is 11.8 Å². The van der Waals surface area contributed by atoms with Gasteiger partial charge in [-0.25, -0.2) is 0 Å². The SMILES string of the molecule is CCSCCC(C)Nc1nncs1. The van der Waals surface area contributed by atoms with E-state index < -0.39 is 0 Å². The molecule has 1 N–H and O–H groups in total. The Labute approximate surface area is 87.3 Å². The monoisotopic (exact) mass is 217 g/mol.